The molecule has 1 fully saturated rings. The SMILES string of the molecule is OC(CCCCCI)C1CCCCO1. The third-order valence-corrected chi connectivity index (χ3v) is 3.54. The number of hydrogen-bond acceptors (Lipinski definition) is 2. The fourth-order valence-electron chi connectivity index (χ4n) is 1.88. The molecule has 1 aliphatic heterocycles. The molecule has 3 heteroatoms. The number of aliphatic hydroxyl groups excluding tert-OH is 1. The molecule has 1 N–H and O–H groups in total. The molecule has 0 aromatic carbocycles. The highest BCUT2D eigenvalue weighted by atomic mass is 127. The Morgan fingerprint density at radius 1 is 1.29 bits per heavy atom. The first-order valence-electron chi connectivity index (χ1n) is 5.70. The van der Waals surface area contributed by atoms with E-state index in [0.717, 1.165) is 32.3 Å². The molecule has 0 aliphatic carbocycles. The summed E-state index contributed by atoms with van der Waals surface area (Å²) in [7, 11) is 0. The lowest BCUT2D eigenvalue weighted by Gasteiger charge is -2.27. The zero-order valence-electron chi connectivity index (χ0n) is 8.75. The maximum atomic E-state index is 9.85. The molecule has 0 radical (unpaired) electrons. The molecule has 1 aliphatic rings. The Morgan fingerprint density at radius 3 is 2.79 bits per heavy atom. The molecule has 14 heavy (non-hydrogen) atoms. The second-order valence-corrected chi connectivity index (χ2v) is 5.09. The predicted octanol–water partition coefficient (Wildman–Crippen LogP) is 2.91. The summed E-state index contributed by atoms with van der Waals surface area (Å²) in [6.45, 7) is 0.843. The van der Waals surface area contributed by atoms with E-state index in [1.807, 2.05) is 0 Å². The van der Waals surface area contributed by atoms with E-state index in [4.69, 9.17) is 4.74 Å². The first-order valence-corrected chi connectivity index (χ1v) is 7.23. The minimum Gasteiger partial charge on any atom is -0.390 e. The van der Waals surface area contributed by atoms with E-state index in [1.165, 1.54) is 23.7 Å². The van der Waals surface area contributed by atoms with Crippen LogP contribution in [-0.2, 0) is 4.74 Å². The number of halogens is 1. The second kappa shape index (κ2) is 7.88. The molecule has 0 spiro atoms. The van der Waals surface area contributed by atoms with Gasteiger partial charge in [-0.1, -0.05) is 35.4 Å². The van der Waals surface area contributed by atoms with Crippen LogP contribution in [0, 0.1) is 0 Å². The minimum atomic E-state index is -0.218. The number of unbranched alkanes of at least 4 members (excludes halogenated alkanes) is 2. The Bertz CT molecular complexity index is 135. The summed E-state index contributed by atoms with van der Waals surface area (Å²) in [5, 5.41) is 9.85. The lowest BCUT2D eigenvalue weighted by atomic mass is 10.00. The van der Waals surface area contributed by atoms with E-state index in [9.17, 15) is 5.11 Å². The van der Waals surface area contributed by atoms with Crippen molar-refractivity contribution in [3.8, 4) is 0 Å². The van der Waals surface area contributed by atoms with Crippen molar-refractivity contribution < 1.29 is 9.84 Å². The van der Waals surface area contributed by atoms with E-state index in [1.54, 1.807) is 0 Å². The van der Waals surface area contributed by atoms with Gasteiger partial charge in [0.05, 0.1) is 12.2 Å². The topological polar surface area (TPSA) is 29.5 Å². The first kappa shape index (κ1) is 12.7. The van der Waals surface area contributed by atoms with E-state index in [0.29, 0.717) is 0 Å². The molecule has 2 atom stereocenters. The van der Waals surface area contributed by atoms with Gasteiger partial charge in [-0.2, -0.15) is 0 Å². The van der Waals surface area contributed by atoms with Crippen molar-refractivity contribution in [2.45, 2.75) is 57.2 Å². The summed E-state index contributed by atoms with van der Waals surface area (Å²) in [6.07, 6.45) is 7.92. The molecule has 2 nitrogen and oxygen atoms in total. The zero-order chi connectivity index (χ0) is 10.2. The maximum Gasteiger partial charge on any atom is 0.0833 e. The molecule has 0 amide bonds. The molecule has 1 rings (SSSR count). The summed E-state index contributed by atoms with van der Waals surface area (Å²) >= 11 is 2.40. The van der Waals surface area contributed by atoms with Gasteiger partial charge < -0.3 is 9.84 Å². The summed E-state index contributed by atoms with van der Waals surface area (Å²) in [5.41, 5.74) is 0. The normalized spacial score (nSPS) is 24.9. The van der Waals surface area contributed by atoms with Gasteiger partial charge in [0.2, 0.25) is 0 Å². The van der Waals surface area contributed by atoms with Gasteiger partial charge in [0.25, 0.3) is 0 Å². The van der Waals surface area contributed by atoms with Gasteiger partial charge in [-0.15, -0.1) is 0 Å². The fourth-order valence-corrected chi connectivity index (χ4v) is 2.42. The standard InChI is InChI=1S/C11H21IO2/c12-8-4-1-2-6-10(13)11-7-3-5-9-14-11/h10-11,13H,1-9H2. The number of rotatable bonds is 6. The van der Waals surface area contributed by atoms with Crippen LogP contribution in [0.3, 0.4) is 0 Å². The van der Waals surface area contributed by atoms with Gasteiger partial charge in [-0.05, 0) is 36.5 Å². The van der Waals surface area contributed by atoms with Crippen molar-refractivity contribution in [3.05, 3.63) is 0 Å². The monoisotopic (exact) mass is 312 g/mol. The summed E-state index contributed by atoms with van der Waals surface area (Å²) in [6, 6.07) is 0. The number of ether oxygens (including phenoxy) is 1. The smallest absolute Gasteiger partial charge is 0.0833 e. The average Bonchev–Trinajstić information content (AvgIpc) is 2.25. The molecule has 1 heterocycles. The van der Waals surface area contributed by atoms with Crippen LogP contribution in [0.1, 0.15) is 44.9 Å². The van der Waals surface area contributed by atoms with Crippen molar-refractivity contribution in [3.63, 3.8) is 0 Å². The van der Waals surface area contributed by atoms with Crippen LogP contribution in [-0.4, -0.2) is 28.3 Å². The van der Waals surface area contributed by atoms with Gasteiger partial charge in [0.15, 0.2) is 0 Å². The van der Waals surface area contributed by atoms with Crippen LogP contribution in [0.15, 0.2) is 0 Å². The van der Waals surface area contributed by atoms with E-state index in [-0.39, 0.29) is 12.2 Å². The van der Waals surface area contributed by atoms with E-state index < -0.39 is 0 Å². The third-order valence-electron chi connectivity index (χ3n) is 2.78. The van der Waals surface area contributed by atoms with Crippen LogP contribution in [0.2, 0.25) is 0 Å². The maximum absolute atomic E-state index is 9.85. The highest BCUT2D eigenvalue weighted by Crippen LogP contribution is 2.19. The first-order chi connectivity index (χ1) is 6.84. The molecule has 2 unspecified atom stereocenters. The Hall–Kier alpha value is 0.650. The zero-order valence-corrected chi connectivity index (χ0v) is 10.9. The molecule has 0 aromatic heterocycles. The van der Waals surface area contributed by atoms with E-state index in [2.05, 4.69) is 22.6 Å². The quantitative estimate of drug-likeness (QED) is 0.464. The molecular formula is C11H21IO2. The van der Waals surface area contributed by atoms with Gasteiger partial charge >= 0.3 is 0 Å². The highest BCUT2D eigenvalue weighted by molar-refractivity contribution is 14.1. The molecule has 84 valence electrons. The predicted molar refractivity (Wildman–Crippen MR) is 67.0 cm³/mol. The van der Waals surface area contributed by atoms with Crippen LogP contribution in [0.4, 0.5) is 0 Å². The molecular weight excluding hydrogens is 291 g/mol. The third kappa shape index (κ3) is 4.94. The van der Waals surface area contributed by atoms with Gasteiger partial charge in [-0.25, -0.2) is 0 Å². The van der Waals surface area contributed by atoms with Crippen molar-refractivity contribution in [1.82, 2.24) is 0 Å². The Morgan fingerprint density at radius 2 is 2.14 bits per heavy atom. The van der Waals surface area contributed by atoms with Gasteiger partial charge in [0, 0.05) is 6.61 Å². The fraction of sp³-hybridized carbons (Fsp3) is 1.00. The van der Waals surface area contributed by atoms with Crippen LogP contribution in [0.25, 0.3) is 0 Å². The van der Waals surface area contributed by atoms with Crippen molar-refractivity contribution in [2.75, 3.05) is 11.0 Å². The van der Waals surface area contributed by atoms with Crippen molar-refractivity contribution in [2.24, 2.45) is 0 Å². The number of hydrogen-bond donors (Lipinski definition) is 1. The Kier molecular flexibility index (Phi) is 7.16. The molecule has 0 aromatic rings. The summed E-state index contributed by atoms with van der Waals surface area (Å²) in [5.74, 6) is 0. The largest absolute Gasteiger partial charge is 0.390 e. The lowest BCUT2D eigenvalue weighted by molar-refractivity contribution is -0.0648. The van der Waals surface area contributed by atoms with Gasteiger partial charge in [-0.3, -0.25) is 0 Å². The second-order valence-electron chi connectivity index (χ2n) is 4.01. The van der Waals surface area contributed by atoms with Crippen LogP contribution < -0.4 is 0 Å². The molecule has 1 saturated heterocycles. The van der Waals surface area contributed by atoms with Crippen molar-refractivity contribution >= 4 is 22.6 Å². The Labute approximate surface area is 101 Å². The average molecular weight is 312 g/mol. The summed E-state index contributed by atoms with van der Waals surface area (Å²) in [4.78, 5) is 0. The molecule has 0 bridgehead atoms. The van der Waals surface area contributed by atoms with Crippen molar-refractivity contribution in [1.29, 1.82) is 0 Å². The molecule has 0 saturated carbocycles. The lowest BCUT2D eigenvalue weighted by Crippen LogP contribution is -2.32. The summed E-state index contributed by atoms with van der Waals surface area (Å²) < 4.78 is 6.78. The number of alkyl halides is 1. The Balaban J connectivity index is 2.04. The van der Waals surface area contributed by atoms with E-state index >= 15 is 0 Å². The minimum absolute atomic E-state index is 0.128. The van der Waals surface area contributed by atoms with Crippen LogP contribution >= 0.6 is 22.6 Å². The highest BCUT2D eigenvalue weighted by Gasteiger charge is 2.21. The number of aliphatic hydroxyl groups is 1. The van der Waals surface area contributed by atoms with Gasteiger partial charge in [0.1, 0.15) is 0 Å². The van der Waals surface area contributed by atoms with Crippen LogP contribution in [0.5, 0.6) is 0 Å².